The maximum Gasteiger partial charge on any atom is 0.328 e. The Labute approximate surface area is 142 Å². The van der Waals surface area contributed by atoms with Gasteiger partial charge in [0, 0.05) is 13.1 Å². The van der Waals surface area contributed by atoms with Crippen LogP contribution < -0.4 is 5.32 Å². The first-order valence-electron chi connectivity index (χ1n) is 7.97. The summed E-state index contributed by atoms with van der Waals surface area (Å²) in [7, 11) is 0. The largest absolute Gasteiger partial charge is 0.458 e. The highest BCUT2D eigenvalue weighted by Crippen LogP contribution is 2.10. The molecule has 0 fully saturated rings. The fourth-order valence-corrected chi connectivity index (χ4v) is 2.01. The third kappa shape index (κ3) is 5.07. The molecule has 0 radical (unpaired) electrons. The molecule has 1 aromatic rings. The number of carbonyl (C=O) groups is 3. The van der Waals surface area contributed by atoms with Gasteiger partial charge in [-0.3, -0.25) is 9.59 Å². The Balaban J connectivity index is 2.85. The Hall–Kier alpha value is -2.38. The van der Waals surface area contributed by atoms with Crippen LogP contribution in [0.1, 0.15) is 62.5 Å². The summed E-state index contributed by atoms with van der Waals surface area (Å²) in [6.07, 6.45) is 1.28. The Morgan fingerprint density at radius 2 is 1.88 bits per heavy atom. The highest BCUT2D eigenvalue weighted by Gasteiger charge is 2.27. The predicted octanol–water partition coefficient (Wildman–Crippen LogP) is 1.35. The summed E-state index contributed by atoms with van der Waals surface area (Å²) in [6, 6.07) is -0.857. The molecule has 1 unspecified atom stereocenters. The number of imidazole rings is 1. The van der Waals surface area contributed by atoms with E-state index in [4.69, 9.17) is 4.74 Å². The SMILES string of the molecule is CCN(CC)C(=O)c1[nH]cnc1C(=O)NC(C)C(=O)OC(C)(C)C. The minimum Gasteiger partial charge on any atom is -0.458 e. The molecule has 24 heavy (non-hydrogen) atoms. The van der Waals surface area contributed by atoms with Gasteiger partial charge in [0.1, 0.15) is 17.3 Å². The lowest BCUT2D eigenvalue weighted by molar-refractivity contribution is -0.156. The first-order valence-corrected chi connectivity index (χ1v) is 7.97. The van der Waals surface area contributed by atoms with Gasteiger partial charge >= 0.3 is 5.97 Å². The number of esters is 1. The van der Waals surface area contributed by atoms with Crippen molar-refractivity contribution in [2.75, 3.05) is 13.1 Å². The zero-order chi connectivity index (χ0) is 18.5. The van der Waals surface area contributed by atoms with Gasteiger partial charge in [0.25, 0.3) is 11.8 Å². The van der Waals surface area contributed by atoms with Crippen molar-refractivity contribution in [2.45, 2.75) is 53.2 Å². The van der Waals surface area contributed by atoms with Gasteiger partial charge in [-0.1, -0.05) is 0 Å². The number of amides is 2. The second-order valence-corrected chi connectivity index (χ2v) is 6.33. The maximum absolute atomic E-state index is 12.4. The molecule has 0 spiro atoms. The second kappa shape index (κ2) is 7.94. The number of H-pyrrole nitrogens is 1. The van der Waals surface area contributed by atoms with Crippen molar-refractivity contribution in [3.05, 3.63) is 17.7 Å². The maximum atomic E-state index is 12.4. The summed E-state index contributed by atoms with van der Waals surface area (Å²) >= 11 is 0. The lowest BCUT2D eigenvalue weighted by atomic mass is 10.2. The Morgan fingerprint density at radius 3 is 2.38 bits per heavy atom. The zero-order valence-electron chi connectivity index (χ0n) is 15.1. The molecule has 0 saturated heterocycles. The molecule has 2 amide bonds. The average molecular weight is 338 g/mol. The normalized spacial score (nSPS) is 12.4. The quantitative estimate of drug-likeness (QED) is 0.762. The zero-order valence-corrected chi connectivity index (χ0v) is 15.1. The van der Waals surface area contributed by atoms with Crippen LogP contribution in [0.2, 0.25) is 0 Å². The van der Waals surface area contributed by atoms with E-state index < -0.39 is 23.5 Å². The van der Waals surface area contributed by atoms with Crippen molar-refractivity contribution in [3.63, 3.8) is 0 Å². The van der Waals surface area contributed by atoms with Crippen LogP contribution in [0.4, 0.5) is 0 Å². The standard InChI is InChI=1S/C16H26N4O4/c1-7-20(8-2)14(22)12-11(17-9-18-12)13(21)19-10(3)15(23)24-16(4,5)6/h9-10H,7-8H2,1-6H3,(H,17,18)(H,19,21). The first-order chi connectivity index (χ1) is 11.1. The molecule has 8 heteroatoms. The van der Waals surface area contributed by atoms with Crippen LogP contribution in [0.25, 0.3) is 0 Å². The Kier molecular flexibility index (Phi) is 6.51. The van der Waals surface area contributed by atoms with E-state index in [-0.39, 0.29) is 17.3 Å². The second-order valence-electron chi connectivity index (χ2n) is 6.33. The molecule has 0 aliphatic rings. The molecule has 1 rings (SSSR count). The Bertz CT molecular complexity index is 599. The summed E-state index contributed by atoms with van der Waals surface area (Å²) in [6.45, 7) is 11.5. The van der Waals surface area contributed by atoms with Crippen molar-refractivity contribution in [1.29, 1.82) is 0 Å². The number of aromatic nitrogens is 2. The van der Waals surface area contributed by atoms with Crippen molar-refractivity contribution >= 4 is 17.8 Å². The molecule has 1 aromatic heterocycles. The number of ether oxygens (including phenoxy) is 1. The lowest BCUT2D eigenvalue weighted by Crippen LogP contribution is -2.43. The minimum atomic E-state index is -0.857. The van der Waals surface area contributed by atoms with Gasteiger partial charge in [-0.15, -0.1) is 0 Å². The number of hydrogen-bond donors (Lipinski definition) is 2. The van der Waals surface area contributed by atoms with E-state index in [2.05, 4.69) is 15.3 Å². The van der Waals surface area contributed by atoms with Crippen LogP contribution in [0.5, 0.6) is 0 Å². The number of carbonyl (C=O) groups excluding carboxylic acids is 3. The molecule has 0 aliphatic heterocycles. The minimum absolute atomic E-state index is 0.0395. The molecule has 0 saturated carbocycles. The van der Waals surface area contributed by atoms with Gasteiger partial charge in [0.2, 0.25) is 0 Å². The molecule has 134 valence electrons. The van der Waals surface area contributed by atoms with E-state index in [1.54, 1.807) is 25.7 Å². The monoisotopic (exact) mass is 338 g/mol. The average Bonchev–Trinajstić information content (AvgIpc) is 2.95. The summed E-state index contributed by atoms with van der Waals surface area (Å²) in [4.78, 5) is 44.8. The van der Waals surface area contributed by atoms with Crippen LogP contribution in [-0.2, 0) is 9.53 Å². The molecule has 2 N–H and O–H groups in total. The van der Waals surface area contributed by atoms with E-state index in [0.717, 1.165) is 0 Å². The fourth-order valence-electron chi connectivity index (χ4n) is 2.01. The van der Waals surface area contributed by atoms with E-state index in [1.807, 2.05) is 13.8 Å². The van der Waals surface area contributed by atoms with Gasteiger partial charge in [-0.2, -0.15) is 0 Å². The smallest absolute Gasteiger partial charge is 0.328 e. The molecular formula is C16H26N4O4. The highest BCUT2D eigenvalue weighted by molar-refractivity contribution is 6.05. The third-order valence-corrected chi connectivity index (χ3v) is 3.23. The van der Waals surface area contributed by atoms with Gasteiger partial charge in [0.15, 0.2) is 5.69 Å². The van der Waals surface area contributed by atoms with E-state index in [1.165, 1.54) is 13.3 Å². The van der Waals surface area contributed by atoms with Crippen LogP contribution in [0.15, 0.2) is 6.33 Å². The molecular weight excluding hydrogens is 312 g/mol. The number of aromatic amines is 1. The molecule has 0 aliphatic carbocycles. The van der Waals surface area contributed by atoms with Crippen LogP contribution in [-0.4, -0.2) is 57.4 Å². The summed E-state index contributed by atoms with van der Waals surface area (Å²) < 4.78 is 5.21. The molecule has 0 aromatic carbocycles. The van der Waals surface area contributed by atoms with Crippen LogP contribution in [0, 0.1) is 0 Å². The molecule has 1 atom stereocenters. The summed E-state index contributed by atoms with van der Waals surface area (Å²) in [5.41, 5.74) is -0.582. The number of hydrogen-bond acceptors (Lipinski definition) is 5. The predicted molar refractivity (Wildman–Crippen MR) is 88.6 cm³/mol. The number of nitrogens with one attached hydrogen (secondary N) is 2. The third-order valence-electron chi connectivity index (χ3n) is 3.23. The van der Waals surface area contributed by atoms with E-state index in [9.17, 15) is 14.4 Å². The van der Waals surface area contributed by atoms with Gasteiger partial charge in [-0.05, 0) is 41.5 Å². The lowest BCUT2D eigenvalue weighted by Gasteiger charge is -2.22. The van der Waals surface area contributed by atoms with Crippen LogP contribution in [0.3, 0.4) is 0 Å². The van der Waals surface area contributed by atoms with Gasteiger partial charge < -0.3 is 19.9 Å². The van der Waals surface area contributed by atoms with Gasteiger partial charge in [-0.25, -0.2) is 9.78 Å². The van der Waals surface area contributed by atoms with Crippen molar-refractivity contribution in [3.8, 4) is 0 Å². The first kappa shape index (κ1) is 19.7. The van der Waals surface area contributed by atoms with Gasteiger partial charge in [0.05, 0.1) is 6.33 Å². The molecule has 1 heterocycles. The van der Waals surface area contributed by atoms with Crippen molar-refractivity contribution in [1.82, 2.24) is 20.2 Å². The molecule has 8 nitrogen and oxygen atoms in total. The van der Waals surface area contributed by atoms with Crippen molar-refractivity contribution < 1.29 is 19.1 Å². The fraction of sp³-hybridized carbons (Fsp3) is 0.625. The van der Waals surface area contributed by atoms with Crippen molar-refractivity contribution in [2.24, 2.45) is 0 Å². The summed E-state index contributed by atoms with van der Waals surface area (Å²) in [5, 5.41) is 2.51. The Morgan fingerprint density at radius 1 is 1.29 bits per heavy atom. The van der Waals surface area contributed by atoms with E-state index >= 15 is 0 Å². The van der Waals surface area contributed by atoms with Crippen LogP contribution >= 0.6 is 0 Å². The number of rotatable bonds is 6. The summed E-state index contributed by atoms with van der Waals surface area (Å²) in [5.74, 6) is -1.47. The molecule has 0 bridgehead atoms. The topological polar surface area (TPSA) is 104 Å². The highest BCUT2D eigenvalue weighted by atomic mass is 16.6. The van der Waals surface area contributed by atoms with E-state index in [0.29, 0.717) is 13.1 Å². The number of nitrogens with zero attached hydrogens (tertiary/aromatic N) is 2.